The monoisotopic (exact) mass is 513 g/mol. The summed E-state index contributed by atoms with van der Waals surface area (Å²) in [6, 6.07) is 17.2. The molecule has 0 spiro atoms. The smallest absolute Gasteiger partial charge is 0.303 e. The molecule has 2 aromatic heterocycles. The number of halogens is 1. The first-order valence-electron chi connectivity index (χ1n) is 12.7. The molecule has 0 saturated carbocycles. The summed E-state index contributed by atoms with van der Waals surface area (Å²) in [5.74, 6) is -0.319. The lowest BCUT2D eigenvalue weighted by Crippen LogP contribution is -2.49. The number of nitrogens with zero attached hydrogens (tertiary/aromatic N) is 5. The Bertz CT molecular complexity index is 1440. The number of hydrogen-bond acceptors (Lipinski definition) is 6. The topological polar surface area (TPSA) is 99.5 Å². The van der Waals surface area contributed by atoms with Crippen LogP contribution in [0.15, 0.2) is 66.9 Å². The fraction of sp³-hybridized carbons (Fsp3) is 0.276. The number of amides is 1. The van der Waals surface area contributed by atoms with Gasteiger partial charge in [-0.05, 0) is 73.9 Å². The largest absolute Gasteiger partial charge is 0.481 e. The number of aryl methyl sites for hydroxylation is 1. The summed E-state index contributed by atoms with van der Waals surface area (Å²) in [6.07, 6.45) is 3.52. The highest BCUT2D eigenvalue weighted by Gasteiger charge is 2.23. The van der Waals surface area contributed by atoms with Gasteiger partial charge in [-0.1, -0.05) is 6.07 Å². The third-order valence-corrected chi connectivity index (χ3v) is 6.70. The van der Waals surface area contributed by atoms with Crippen LogP contribution >= 0.6 is 0 Å². The zero-order valence-electron chi connectivity index (χ0n) is 20.9. The van der Waals surface area contributed by atoms with Gasteiger partial charge in [0.1, 0.15) is 11.6 Å². The molecule has 1 fully saturated rings. The Kier molecular flexibility index (Phi) is 7.53. The van der Waals surface area contributed by atoms with Crippen molar-refractivity contribution in [3.05, 3.63) is 83.9 Å². The second-order valence-electron chi connectivity index (χ2n) is 9.30. The van der Waals surface area contributed by atoms with Gasteiger partial charge in [-0.2, -0.15) is 0 Å². The van der Waals surface area contributed by atoms with Gasteiger partial charge in [-0.25, -0.2) is 19.3 Å². The molecule has 8 nitrogen and oxygen atoms in total. The second kappa shape index (κ2) is 11.3. The number of hydrogen-bond donors (Lipinski definition) is 1. The maximum Gasteiger partial charge on any atom is 0.303 e. The number of carboxylic acid groups (broad SMARTS) is 1. The first kappa shape index (κ1) is 25.3. The van der Waals surface area contributed by atoms with Gasteiger partial charge in [-0.15, -0.1) is 0 Å². The molecule has 38 heavy (non-hydrogen) atoms. The van der Waals surface area contributed by atoms with Gasteiger partial charge in [0, 0.05) is 49.9 Å². The molecule has 9 heteroatoms. The summed E-state index contributed by atoms with van der Waals surface area (Å²) >= 11 is 0. The molecule has 0 atom stereocenters. The number of anilines is 1. The Morgan fingerprint density at radius 2 is 1.68 bits per heavy atom. The second-order valence-corrected chi connectivity index (χ2v) is 9.30. The van der Waals surface area contributed by atoms with Crippen molar-refractivity contribution in [1.82, 2.24) is 19.9 Å². The minimum Gasteiger partial charge on any atom is -0.481 e. The number of carboxylic acids is 1. The summed E-state index contributed by atoms with van der Waals surface area (Å²) in [5.41, 5.74) is 3.85. The van der Waals surface area contributed by atoms with E-state index in [9.17, 15) is 14.0 Å². The van der Waals surface area contributed by atoms with Crippen LogP contribution < -0.4 is 4.90 Å². The SMILES string of the molecule is O=C(O)CCCCc1nc2cc(C(=O)N3CCN(c4ccccn4)CC3)ccc2nc1-c1ccc(F)cc1. The summed E-state index contributed by atoms with van der Waals surface area (Å²) < 4.78 is 13.5. The van der Waals surface area contributed by atoms with Crippen LogP contribution in [0.1, 0.15) is 35.3 Å². The number of carbonyl (C=O) groups is 2. The number of piperazine rings is 1. The number of fused-ring (bicyclic) bond motifs is 1. The van der Waals surface area contributed by atoms with Crippen LogP contribution in [0.2, 0.25) is 0 Å². The van der Waals surface area contributed by atoms with Crippen LogP contribution in [-0.4, -0.2) is 63.0 Å². The number of aromatic nitrogens is 3. The Balaban J connectivity index is 1.37. The van der Waals surface area contributed by atoms with Crippen LogP contribution in [0.25, 0.3) is 22.3 Å². The lowest BCUT2D eigenvalue weighted by molar-refractivity contribution is -0.137. The molecule has 0 aliphatic carbocycles. The van der Waals surface area contributed by atoms with Gasteiger partial charge in [0.2, 0.25) is 0 Å². The standard InChI is InChI=1S/C29H28FN5O3/c30-22-11-8-20(9-12-22)28-24(5-1-2-7-27(36)37)32-25-19-21(10-13-23(25)33-28)29(38)35-17-15-34(16-18-35)26-6-3-4-14-31-26/h3-4,6,8-14,19H,1-2,5,7,15-18H2,(H,36,37). The zero-order valence-corrected chi connectivity index (χ0v) is 20.9. The zero-order chi connectivity index (χ0) is 26.5. The van der Waals surface area contributed by atoms with Crippen molar-refractivity contribution >= 4 is 28.7 Å². The van der Waals surface area contributed by atoms with E-state index in [4.69, 9.17) is 15.1 Å². The number of carbonyl (C=O) groups excluding carboxylic acids is 1. The lowest BCUT2D eigenvalue weighted by atomic mass is 10.0. The normalized spacial score (nSPS) is 13.6. The van der Waals surface area contributed by atoms with Crippen LogP contribution in [0, 0.1) is 5.82 Å². The van der Waals surface area contributed by atoms with Gasteiger partial charge < -0.3 is 14.9 Å². The number of unbranched alkanes of at least 4 members (excludes halogenated alkanes) is 1. The Labute approximate surface area is 219 Å². The van der Waals surface area contributed by atoms with Crippen molar-refractivity contribution in [2.24, 2.45) is 0 Å². The van der Waals surface area contributed by atoms with E-state index in [-0.39, 0.29) is 18.1 Å². The molecule has 1 aliphatic rings. The predicted molar refractivity (Wildman–Crippen MR) is 142 cm³/mol. The van der Waals surface area contributed by atoms with Crippen LogP contribution in [0.5, 0.6) is 0 Å². The average molecular weight is 514 g/mol. The molecule has 3 heterocycles. The third kappa shape index (κ3) is 5.77. The van der Waals surface area contributed by atoms with E-state index in [1.54, 1.807) is 36.5 Å². The number of benzene rings is 2. The van der Waals surface area contributed by atoms with Crippen LogP contribution in [0.3, 0.4) is 0 Å². The molecule has 1 saturated heterocycles. The minimum atomic E-state index is -0.836. The van der Waals surface area contributed by atoms with E-state index in [0.717, 1.165) is 11.4 Å². The van der Waals surface area contributed by atoms with E-state index < -0.39 is 5.97 Å². The molecule has 0 bridgehead atoms. The van der Waals surface area contributed by atoms with Gasteiger partial charge in [-0.3, -0.25) is 9.59 Å². The highest BCUT2D eigenvalue weighted by molar-refractivity contribution is 5.97. The van der Waals surface area contributed by atoms with Gasteiger partial charge >= 0.3 is 5.97 Å². The molecule has 4 aromatic rings. The molecule has 1 amide bonds. The molecule has 194 valence electrons. The van der Waals surface area contributed by atoms with Crippen molar-refractivity contribution in [2.45, 2.75) is 25.7 Å². The number of aliphatic carboxylic acids is 1. The summed E-state index contributed by atoms with van der Waals surface area (Å²) in [6.45, 7) is 2.60. The number of rotatable bonds is 8. The minimum absolute atomic E-state index is 0.0556. The van der Waals surface area contributed by atoms with Crippen molar-refractivity contribution < 1.29 is 19.1 Å². The van der Waals surface area contributed by atoms with Crippen molar-refractivity contribution in [3.8, 4) is 11.3 Å². The molecule has 5 rings (SSSR count). The molecular formula is C29H28FN5O3. The molecule has 0 unspecified atom stereocenters. The Hall–Kier alpha value is -4.40. The van der Waals surface area contributed by atoms with E-state index in [2.05, 4.69) is 9.88 Å². The quantitative estimate of drug-likeness (QED) is 0.344. The van der Waals surface area contributed by atoms with Crippen molar-refractivity contribution in [2.75, 3.05) is 31.1 Å². The maximum absolute atomic E-state index is 13.5. The fourth-order valence-electron chi connectivity index (χ4n) is 4.67. The van der Waals surface area contributed by atoms with Gasteiger partial charge in [0.25, 0.3) is 5.91 Å². The lowest BCUT2D eigenvalue weighted by Gasteiger charge is -2.35. The number of pyridine rings is 1. The van der Waals surface area contributed by atoms with Gasteiger partial charge in [0.05, 0.1) is 22.4 Å². The Morgan fingerprint density at radius 1 is 0.895 bits per heavy atom. The first-order chi connectivity index (χ1) is 18.5. The third-order valence-electron chi connectivity index (χ3n) is 6.70. The molecule has 0 radical (unpaired) electrons. The molecular weight excluding hydrogens is 485 g/mol. The van der Waals surface area contributed by atoms with E-state index >= 15 is 0 Å². The summed E-state index contributed by atoms with van der Waals surface area (Å²) in [7, 11) is 0. The highest BCUT2D eigenvalue weighted by Crippen LogP contribution is 2.26. The molecule has 1 N–H and O–H groups in total. The highest BCUT2D eigenvalue weighted by atomic mass is 19.1. The Morgan fingerprint density at radius 3 is 2.39 bits per heavy atom. The fourth-order valence-corrected chi connectivity index (χ4v) is 4.67. The summed E-state index contributed by atoms with van der Waals surface area (Å²) in [4.78, 5) is 42.3. The molecule has 1 aliphatic heterocycles. The summed E-state index contributed by atoms with van der Waals surface area (Å²) in [5, 5.41) is 8.97. The maximum atomic E-state index is 13.5. The van der Waals surface area contributed by atoms with Crippen molar-refractivity contribution in [1.29, 1.82) is 0 Å². The van der Waals surface area contributed by atoms with Crippen LogP contribution in [-0.2, 0) is 11.2 Å². The van der Waals surface area contributed by atoms with E-state index in [1.165, 1.54) is 12.1 Å². The first-order valence-corrected chi connectivity index (χ1v) is 12.7. The van der Waals surface area contributed by atoms with E-state index in [1.807, 2.05) is 23.1 Å². The van der Waals surface area contributed by atoms with Gasteiger partial charge in [0.15, 0.2) is 0 Å². The van der Waals surface area contributed by atoms with Crippen LogP contribution in [0.4, 0.5) is 10.2 Å². The predicted octanol–water partition coefficient (Wildman–Crippen LogP) is 4.59. The average Bonchev–Trinajstić information content (AvgIpc) is 2.95. The van der Waals surface area contributed by atoms with Crippen molar-refractivity contribution in [3.63, 3.8) is 0 Å². The van der Waals surface area contributed by atoms with E-state index in [0.29, 0.717) is 73.4 Å². The molecule has 2 aromatic carbocycles.